The van der Waals surface area contributed by atoms with Gasteiger partial charge in [-0.1, -0.05) is 11.6 Å². The van der Waals surface area contributed by atoms with Crippen LogP contribution >= 0.6 is 11.6 Å². The first-order valence-corrected chi connectivity index (χ1v) is 3.72. The van der Waals surface area contributed by atoms with Crippen molar-refractivity contribution in [1.82, 2.24) is 4.98 Å². The molecule has 5 nitrogen and oxygen atoms in total. The molecular formula is C7H5ClN2O3. The Morgan fingerprint density at radius 3 is 2.62 bits per heavy atom. The van der Waals surface area contributed by atoms with Crippen LogP contribution < -0.4 is 0 Å². The normalized spacial score (nSPS) is 9.69. The summed E-state index contributed by atoms with van der Waals surface area (Å²) < 4.78 is 0. The SMILES string of the molecule is CC(=O)c1ccc([N+](=O)[O-])c(Cl)n1. The highest BCUT2D eigenvalue weighted by Crippen LogP contribution is 2.21. The van der Waals surface area contributed by atoms with Gasteiger partial charge in [-0.2, -0.15) is 0 Å². The number of nitrogens with zero attached hydrogens (tertiary/aromatic N) is 2. The van der Waals surface area contributed by atoms with Gasteiger partial charge in [-0.25, -0.2) is 4.98 Å². The van der Waals surface area contributed by atoms with Crippen LogP contribution in [0.4, 0.5) is 5.69 Å². The van der Waals surface area contributed by atoms with Gasteiger partial charge >= 0.3 is 5.69 Å². The first-order chi connectivity index (χ1) is 6.02. The van der Waals surface area contributed by atoms with E-state index in [4.69, 9.17) is 11.6 Å². The van der Waals surface area contributed by atoms with Gasteiger partial charge in [0.2, 0.25) is 5.15 Å². The molecule has 1 heterocycles. The molecule has 0 aromatic carbocycles. The minimum absolute atomic E-state index is 0.121. The number of halogens is 1. The van der Waals surface area contributed by atoms with E-state index in [1.165, 1.54) is 13.0 Å². The predicted octanol–water partition coefficient (Wildman–Crippen LogP) is 1.85. The van der Waals surface area contributed by atoms with Crippen molar-refractivity contribution in [3.05, 3.63) is 33.1 Å². The molecule has 1 aromatic heterocycles. The van der Waals surface area contributed by atoms with Gasteiger partial charge in [0, 0.05) is 13.0 Å². The first kappa shape index (κ1) is 9.60. The lowest BCUT2D eigenvalue weighted by Crippen LogP contribution is -1.99. The van der Waals surface area contributed by atoms with Crippen molar-refractivity contribution in [1.29, 1.82) is 0 Å². The fraction of sp³-hybridized carbons (Fsp3) is 0.143. The minimum Gasteiger partial charge on any atom is -0.293 e. The van der Waals surface area contributed by atoms with Crippen LogP contribution in [0.5, 0.6) is 0 Å². The van der Waals surface area contributed by atoms with Crippen molar-refractivity contribution >= 4 is 23.1 Å². The zero-order chi connectivity index (χ0) is 10.0. The average Bonchev–Trinajstić information content (AvgIpc) is 2.03. The maximum Gasteiger partial charge on any atom is 0.306 e. The van der Waals surface area contributed by atoms with Gasteiger partial charge in [-0.3, -0.25) is 14.9 Å². The van der Waals surface area contributed by atoms with E-state index >= 15 is 0 Å². The van der Waals surface area contributed by atoms with Crippen LogP contribution in [0.25, 0.3) is 0 Å². The van der Waals surface area contributed by atoms with E-state index in [2.05, 4.69) is 4.98 Å². The molecule has 0 bridgehead atoms. The largest absolute Gasteiger partial charge is 0.306 e. The molecule has 0 N–H and O–H groups in total. The standard InChI is InChI=1S/C7H5ClN2O3/c1-4(11)5-2-3-6(10(12)13)7(8)9-5/h2-3H,1H3. The number of ketones is 1. The molecule has 0 unspecified atom stereocenters. The van der Waals surface area contributed by atoms with Crippen molar-refractivity contribution < 1.29 is 9.72 Å². The Bertz CT molecular complexity index is 378. The van der Waals surface area contributed by atoms with Crippen LogP contribution in [0.1, 0.15) is 17.4 Å². The maximum atomic E-state index is 10.8. The molecule has 0 spiro atoms. The van der Waals surface area contributed by atoms with E-state index in [9.17, 15) is 14.9 Å². The summed E-state index contributed by atoms with van der Waals surface area (Å²) >= 11 is 5.46. The molecule has 1 rings (SSSR count). The molecule has 0 atom stereocenters. The van der Waals surface area contributed by atoms with Crippen LogP contribution in [0.2, 0.25) is 5.15 Å². The number of nitro groups is 1. The summed E-state index contributed by atoms with van der Waals surface area (Å²) in [6.07, 6.45) is 0. The van der Waals surface area contributed by atoms with Crippen LogP contribution in [-0.2, 0) is 0 Å². The number of Topliss-reactive ketones (excluding diaryl/α,β-unsaturated/α-hetero) is 1. The summed E-state index contributed by atoms with van der Waals surface area (Å²) in [5, 5.41) is 10.0. The molecule has 0 saturated heterocycles. The third kappa shape index (κ3) is 2.00. The smallest absolute Gasteiger partial charge is 0.293 e. The highest BCUT2D eigenvalue weighted by Gasteiger charge is 2.14. The van der Waals surface area contributed by atoms with E-state index in [1.54, 1.807) is 0 Å². The van der Waals surface area contributed by atoms with Crippen LogP contribution in [0, 0.1) is 10.1 Å². The zero-order valence-corrected chi connectivity index (χ0v) is 7.41. The fourth-order valence-electron chi connectivity index (χ4n) is 0.759. The van der Waals surface area contributed by atoms with Gasteiger partial charge in [-0.15, -0.1) is 0 Å². The summed E-state index contributed by atoms with van der Waals surface area (Å²) in [6.45, 7) is 1.31. The lowest BCUT2D eigenvalue weighted by molar-refractivity contribution is -0.385. The van der Waals surface area contributed by atoms with E-state index in [1.807, 2.05) is 0 Å². The summed E-state index contributed by atoms with van der Waals surface area (Å²) in [7, 11) is 0. The number of aromatic nitrogens is 1. The van der Waals surface area contributed by atoms with Gasteiger partial charge in [0.05, 0.1) is 4.92 Å². The molecule has 13 heavy (non-hydrogen) atoms. The van der Waals surface area contributed by atoms with Crippen LogP contribution in [0.3, 0.4) is 0 Å². The Morgan fingerprint density at radius 1 is 1.62 bits per heavy atom. The number of rotatable bonds is 2. The second kappa shape index (κ2) is 3.49. The van der Waals surface area contributed by atoms with Gasteiger partial charge in [0.25, 0.3) is 0 Å². The highest BCUT2D eigenvalue weighted by atomic mass is 35.5. The Kier molecular flexibility index (Phi) is 2.57. The Hall–Kier alpha value is -1.49. The predicted molar refractivity (Wildman–Crippen MR) is 45.9 cm³/mol. The molecule has 0 aliphatic carbocycles. The van der Waals surface area contributed by atoms with Crippen LogP contribution in [-0.4, -0.2) is 15.7 Å². The zero-order valence-electron chi connectivity index (χ0n) is 6.65. The van der Waals surface area contributed by atoms with Crippen molar-refractivity contribution in [2.75, 3.05) is 0 Å². The third-order valence-corrected chi connectivity index (χ3v) is 1.66. The fourth-order valence-corrected chi connectivity index (χ4v) is 0.982. The molecule has 0 fully saturated rings. The van der Waals surface area contributed by atoms with Gasteiger partial charge in [-0.05, 0) is 6.07 Å². The summed E-state index contributed by atoms with van der Waals surface area (Å²) in [5.41, 5.74) is -0.178. The van der Waals surface area contributed by atoms with E-state index in [0.29, 0.717) is 0 Å². The lowest BCUT2D eigenvalue weighted by atomic mass is 10.3. The number of hydrogen-bond acceptors (Lipinski definition) is 4. The second-order valence-electron chi connectivity index (χ2n) is 2.32. The molecule has 0 aliphatic rings. The van der Waals surface area contributed by atoms with Gasteiger partial charge < -0.3 is 0 Å². The van der Waals surface area contributed by atoms with E-state index in [-0.39, 0.29) is 22.3 Å². The quantitative estimate of drug-likeness (QED) is 0.316. The Labute approximate surface area is 78.5 Å². The monoisotopic (exact) mass is 200 g/mol. The number of hydrogen-bond donors (Lipinski definition) is 0. The van der Waals surface area contributed by atoms with Crippen molar-refractivity contribution in [3.63, 3.8) is 0 Å². The van der Waals surface area contributed by atoms with E-state index in [0.717, 1.165) is 6.07 Å². The van der Waals surface area contributed by atoms with Crippen LogP contribution in [0.15, 0.2) is 12.1 Å². The maximum absolute atomic E-state index is 10.8. The lowest BCUT2D eigenvalue weighted by Gasteiger charge is -1.96. The molecule has 6 heteroatoms. The topological polar surface area (TPSA) is 73.1 Å². The molecule has 68 valence electrons. The molecule has 0 saturated carbocycles. The van der Waals surface area contributed by atoms with Crippen molar-refractivity contribution in [3.8, 4) is 0 Å². The average molecular weight is 201 g/mol. The molecule has 1 aromatic rings. The Balaban J connectivity index is 3.20. The minimum atomic E-state index is -0.654. The summed E-state index contributed by atoms with van der Waals surface area (Å²) in [4.78, 5) is 24.0. The summed E-state index contributed by atoms with van der Waals surface area (Å²) in [6, 6.07) is 2.43. The highest BCUT2D eigenvalue weighted by molar-refractivity contribution is 6.31. The van der Waals surface area contributed by atoms with E-state index < -0.39 is 4.92 Å². The molecular weight excluding hydrogens is 196 g/mol. The van der Waals surface area contributed by atoms with Gasteiger partial charge in [0.15, 0.2) is 5.78 Å². The first-order valence-electron chi connectivity index (χ1n) is 3.34. The van der Waals surface area contributed by atoms with Crippen molar-refractivity contribution in [2.45, 2.75) is 6.92 Å². The molecule has 0 amide bonds. The third-order valence-electron chi connectivity index (χ3n) is 1.39. The van der Waals surface area contributed by atoms with Crippen molar-refractivity contribution in [2.24, 2.45) is 0 Å². The molecule has 0 aliphatic heterocycles. The summed E-state index contributed by atoms with van der Waals surface area (Å²) in [5.74, 6) is -0.281. The number of pyridine rings is 1. The Morgan fingerprint density at radius 2 is 2.23 bits per heavy atom. The second-order valence-corrected chi connectivity index (χ2v) is 2.68. The molecule has 0 radical (unpaired) electrons. The number of carbonyl (C=O) groups is 1. The number of carbonyl (C=O) groups excluding carboxylic acids is 1. The van der Waals surface area contributed by atoms with Gasteiger partial charge in [0.1, 0.15) is 5.69 Å².